The van der Waals surface area contributed by atoms with Crippen molar-refractivity contribution in [3.63, 3.8) is 0 Å². The molecule has 0 saturated carbocycles. The number of nitrogens with zero attached hydrogens (tertiary/aromatic N) is 1. The van der Waals surface area contributed by atoms with Crippen molar-refractivity contribution in [2.45, 2.75) is 13.8 Å². The number of hydrazone groups is 1. The van der Waals surface area contributed by atoms with E-state index < -0.39 is 5.97 Å². The number of amides is 1. The topological polar surface area (TPSA) is 90.1 Å². The molecule has 0 aliphatic heterocycles. The molecule has 1 N–H and O–H groups in total. The van der Waals surface area contributed by atoms with Crippen LogP contribution in [0.3, 0.4) is 0 Å². The predicted octanol–water partition coefficient (Wildman–Crippen LogP) is 3.95. The molecule has 8 heteroatoms. The molecule has 0 saturated heterocycles. The molecule has 7 nitrogen and oxygen atoms in total. The van der Waals surface area contributed by atoms with Crippen LogP contribution in [0.15, 0.2) is 51.3 Å². The van der Waals surface area contributed by atoms with Crippen LogP contribution in [0.4, 0.5) is 0 Å². The van der Waals surface area contributed by atoms with Gasteiger partial charge in [0, 0.05) is 0 Å². The predicted molar refractivity (Wildman–Crippen MR) is 106 cm³/mol. The van der Waals surface area contributed by atoms with E-state index >= 15 is 0 Å². The summed E-state index contributed by atoms with van der Waals surface area (Å²) < 4.78 is 16.0. The Kier molecular flexibility index (Phi) is 5.90. The van der Waals surface area contributed by atoms with Crippen LogP contribution in [-0.4, -0.2) is 25.2 Å². The van der Waals surface area contributed by atoms with Gasteiger partial charge in [0.25, 0.3) is 5.91 Å². The van der Waals surface area contributed by atoms with E-state index in [2.05, 4.69) is 10.5 Å². The second kappa shape index (κ2) is 8.53. The van der Waals surface area contributed by atoms with Gasteiger partial charge in [-0.1, -0.05) is 6.07 Å². The molecular formula is C20H18N2O5S. The third-order valence-electron chi connectivity index (χ3n) is 3.78. The number of nitrogens with one attached hydrogen (secondary N) is 1. The highest BCUT2D eigenvalue weighted by atomic mass is 32.1. The van der Waals surface area contributed by atoms with Gasteiger partial charge >= 0.3 is 5.97 Å². The lowest BCUT2D eigenvalue weighted by Crippen LogP contribution is -2.17. The normalized spacial score (nSPS) is 10.8. The van der Waals surface area contributed by atoms with Crippen molar-refractivity contribution < 1.29 is 23.5 Å². The molecule has 0 radical (unpaired) electrons. The van der Waals surface area contributed by atoms with Crippen molar-refractivity contribution in [2.24, 2.45) is 5.10 Å². The summed E-state index contributed by atoms with van der Waals surface area (Å²) in [6.45, 7) is 3.48. The number of esters is 1. The maximum absolute atomic E-state index is 12.1. The number of furan rings is 1. The first kappa shape index (κ1) is 19.4. The second-order valence-corrected chi connectivity index (χ2v) is 6.75. The van der Waals surface area contributed by atoms with E-state index in [4.69, 9.17) is 13.9 Å². The number of methoxy groups -OCH3 is 1. The summed E-state index contributed by atoms with van der Waals surface area (Å²) in [5.74, 6) is 1.05. The first-order chi connectivity index (χ1) is 13.5. The van der Waals surface area contributed by atoms with Crippen molar-refractivity contribution in [1.29, 1.82) is 0 Å². The van der Waals surface area contributed by atoms with E-state index in [1.807, 2.05) is 0 Å². The van der Waals surface area contributed by atoms with Crippen molar-refractivity contribution in [3.05, 3.63) is 69.3 Å². The third kappa shape index (κ3) is 4.47. The van der Waals surface area contributed by atoms with Gasteiger partial charge in [-0.3, -0.25) is 4.79 Å². The smallest absolute Gasteiger partial charge is 0.353 e. The fourth-order valence-corrected chi connectivity index (χ4v) is 3.07. The van der Waals surface area contributed by atoms with E-state index in [0.29, 0.717) is 39.0 Å². The van der Waals surface area contributed by atoms with Gasteiger partial charge in [0.05, 0.1) is 18.9 Å². The van der Waals surface area contributed by atoms with Gasteiger partial charge < -0.3 is 13.9 Å². The van der Waals surface area contributed by atoms with Gasteiger partial charge in [-0.15, -0.1) is 11.3 Å². The summed E-state index contributed by atoms with van der Waals surface area (Å²) in [5.41, 5.74) is 3.54. The summed E-state index contributed by atoms with van der Waals surface area (Å²) in [6, 6.07) is 10.1. The standard InChI is InChI=1S/C20H18N2O5S/c1-12-9-15(13(2)26-12)19(23)22-21-11-14-6-7-16(17(10-14)25-3)27-20(24)18-5-4-8-28-18/h4-11H,1-3H3,(H,22,23)/b21-11-. The molecule has 0 spiro atoms. The number of ether oxygens (including phenoxy) is 2. The number of thiophene rings is 1. The first-order valence-electron chi connectivity index (χ1n) is 8.32. The molecule has 0 aliphatic rings. The molecule has 0 bridgehead atoms. The monoisotopic (exact) mass is 398 g/mol. The van der Waals surface area contributed by atoms with Crippen molar-refractivity contribution in [2.75, 3.05) is 7.11 Å². The molecule has 3 rings (SSSR count). The number of rotatable bonds is 6. The van der Waals surface area contributed by atoms with Gasteiger partial charge in [0.15, 0.2) is 11.5 Å². The average molecular weight is 398 g/mol. The first-order valence-corrected chi connectivity index (χ1v) is 9.20. The van der Waals surface area contributed by atoms with E-state index in [0.717, 1.165) is 0 Å². The number of hydrogen-bond acceptors (Lipinski definition) is 7. The molecule has 1 aromatic carbocycles. The Labute approximate surface area is 165 Å². The molecule has 3 aromatic rings. The highest BCUT2D eigenvalue weighted by Crippen LogP contribution is 2.28. The third-order valence-corrected chi connectivity index (χ3v) is 4.63. The quantitative estimate of drug-likeness (QED) is 0.294. The van der Waals surface area contributed by atoms with Crippen LogP contribution in [0.1, 0.15) is 37.1 Å². The summed E-state index contributed by atoms with van der Waals surface area (Å²) in [7, 11) is 1.48. The number of hydrogen-bond donors (Lipinski definition) is 1. The van der Waals surface area contributed by atoms with E-state index in [1.54, 1.807) is 55.6 Å². The van der Waals surface area contributed by atoms with Crippen LogP contribution in [0.2, 0.25) is 0 Å². The van der Waals surface area contributed by atoms with Crippen LogP contribution in [-0.2, 0) is 0 Å². The number of carbonyl (C=O) groups is 2. The molecule has 28 heavy (non-hydrogen) atoms. The second-order valence-electron chi connectivity index (χ2n) is 5.80. The molecule has 0 fully saturated rings. The fraction of sp³-hybridized carbons (Fsp3) is 0.150. The van der Waals surface area contributed by atoms with E-state index in [1.165, 1.54) is 24.7 Å². The van der Waals surface area contributed by atoms with Gasteiger partial charge in [0.2, 0.25) is 0 Å². The average Bonchev–Trinajstić information content (AvgIpc) is 3.32. The minimum atomic E-state index is -0.451. The van der Waals surface area contributed by atoms with Crippen LogP contribution in [0.25, 0.3) is 0 Å². The SMILES string of the molecule is COc1cc(/C=N\NC(=O)c2cc(C)oc2C)ccc1OC(=O)c1cccs1. The Morgan fingerprint density at radius 2 is 2.00 bits per heavy atom. The number of carbonyl (C=O) groups excluding carboxylic acids is 2. The lowest BCUT2D eigenvalue weighted by Gasteiger charge is -2.09. The molecule has 1 amide bonds. The minimum Gasteiger partial charge on any atom is -0.493 e. The summed E-state index contributed by atoms with van der Waals surface area (Å²) in [4.78, 5) is 24.7. The fourth-order valence-electron chi connectivity index (χ4n) is 2.48. The minimum absolute atomic E-state index is 0.298. The summed E-state index contributed by atoms with van der Waals surface area (Å²) in [5, 5.41) is 5.75. The number of aryl methyl sites for hydroxylation is 2. The highest BCUT2D eigenvalue weighted by Gasteiger charge is 2.14. The Bertz CT molecular complexity index is 1020. The Balaban J connectivity index is 1.67. The zero-order valence-corrected chi connectivity index (χ0v) is 16.3. The largest absolute Gasteiger partial charge is 0.493 e. The lowest BCUT2D eigenvalue weighted by atomic mass is 10.2. The molecule has 0 atom stereocenters. The molecule has 2 aromatic heterocycles. The van der Waals surface area contributed by atoms with Crippen molar-refractivity contribution in [3.8, 4) is 11.5 Å². The Morgan fingerprint density at radius 1 is 1.18 bits per heavy atom. The van der Waals surface area contributed by atoms with Crippen molar-refractivity contribution in [1.82, 2.24) is 5.43 Å². The molecular weight excluding hydrogens is 380 g/mol. The lowest BCUT2D eigenvalue weighted by molar-refractivity contribution is 0.0734. The van der Waals surface area contributed by atoms with Crippen LogP contribution < -0.4 is 14.9 Å². The van der Waals surface area contributed by atoms with Crippen LogP contribution in [0, 0.1) is 13.8 Å². The van der Waals surface area contributed by atoms with Crippen LogP contribution >= 0.6 is 11.3 Å². The Hall–Kier alpha value is -3.39. The zero-order valence-electron chi connectivity index (χ0n) is 15.5. The van der Waals surface area contributed by atoms with Gasteiger partial charge in [-0.2, -0.15) is 5.10 Å². The Morgan fingerprint density at radius 3 is 2.64 bits per heavy atom. The van der Waals surface area contributed by atoms with Crippen LogP contribution in [0.5, 0.6) is 11.5 Å². The molecule has 144 valence electrons. The highest BCUT2D eigenvalue weighted by molar-refractivity contribution is 7.12. The van der Waals surface area contributed by atoms with E-state index in [-0.39, 0.29) is 5.91 Å². The molecule has 2 heterocycles. The molecule has 0 aliphatic carbocycles. The molecule has 0 unspecified atom stereocenters. The van der Waals surface area contributed by atoms with Gasteiger partial charge in [0.1, 0.15) is 16.4 Å². The number of benzene rings is 1. The van der Waals surface area contributed by atoms with E-state index in [9.17, 15) is 9.59 Å². The van der Waals surface area contributed by atoms with Gasteiger partial charge in [-0.25, -0.2) is 10.2 Å². The maximum Gasteiger partial charge on any atom is 0.353 e. The zero-order chi connectivity index (χ0) is 20.1. The van der Waals surface area contributed by atoms with Crippen molar-refractivity contribution >= 4 is 29.4 Å². The van der Waals surface area contributed by atoms with Gasteiger partial charge in [-0.05, 0) is 55.1 Å². The maximum atomic E-state index is 12.1. The summed E-state index contributed by atoms with van der Waals surface area (Å²) in [6.07, 6.45) is 1.47. The summed E-state index contributed by atoms with van der Waals surface area (Å²) >= 11 is 1.30.